The van der Waals surface area contributed by atoms with Crippen LogP contribution in [-0.4, -0.2) is 55.1 Å². The van der Waals surface area contributed by atoms with Crippen LogP contribution in [0.1, 0.15) is 32.4 Å². The summed E-state index contributed by atoms with van der Waals surface area (Å²) in [5, 5.41) is 6.75. The second kappa shape index (κ2) is 12.5. The molecule has 0 saturated carbocycles. The van der Waals surface area contributed by atoms with E-state index in [1.54, 1.807) is 0 Å². The van der Waals surface area contributed by atoms with Crippen LogP contribution in [0.25, 0.3) is 0 Å². The first-order valence-electron chi connectivity index (χ1n) is 8.96. The largest absolute Gasteiger partial charge is 0.357 e. The summed E-state index contributed by atoms with van der Waals surface area (Å²) >= 11 is 0. The van der Waals surface area contributed by atoms with Crippen LogP contribution in [0.15, 0.2) is 29.4 Å². The third-order valence-electron chi connectivity index (χ3n) is 4.16. The molecule has 1 unspecified atom stereocenters. The van der Waals surface area contributed by atoms with E-state index in [1.807, 2.05) is 18.3 Å². The number of aromatic nitrogens is 1. The molecular formula is C18H32IN5. The van der Waals surface area contributed by atoms with E-state index >= 15 is 0 Å². The molecule has 1 aliphatic heterocycles. The molecule has 24 heavy (non-hydrogen) atoms. The summed E-state index contributed by atoms with van der Waals surface area (Å²) in [6, 6.07) is 6.04. The molecule has 1 saturated heterocycles. The third kappa shape index (κ3) is 7.79. The summed E-state index contributed by atoms with van der Waals surface area (Å²) in [4.78, 5) is 11.7. The monoisotopic (exact) mass is 445 g/mol. The van der Waals surface area contributed by atoms with Crippen LogP contribution in [0, 0.1) is 5.92 Å². The van der Waals surface area contributed by atoms with Gasteiger partial charge in [-0.3, -0.25) is 9.98 Å². The molecule has 1 aromatic heterocycles. The first-order chi connectivity index (χ1) is 11.3. The van der Waals surface area contributed by atoms with Gasteiger partial charge in [-0.1, -0.05) is 13.0 Å². The van der Waals surface area contributed by atoms with Crippen LogP contribution in [0.5, 0.6) is 0 Å². The lowest BCUT2D eigenvalue weighted by Gasteiger charge is -2.15. The zero-order valence-corrected chi connectivity index (χ0v) is 17.3. The fourth-order valence-electron chi connectivity index (χ4n) is 3.00. The van der Waals surface area contributed by atoms with Gasteiger partial charge in [-0.25, -0.2) is 0 Å². The van der Waals surface area contributed by atoms with E-state index in [4.69, 9.17) is 4.99 Å². The minimum Gasteiger partial charge on any atom is -0.357 e. The van der Waals surface area contributed by atoms with Crippen molar-refractivity contribution in [3.05, 3.63) is 30.1 Å². The van der Waals surface area contributed by atoms with Crippen molar-refractivity contribution in [2.45, 2.75) is 33.1 Å². The van der Waals surface area contributed by atoms with E-state index in [-0.39, 0.29) is 24.0 Å². The Morgan fingerprint density at radius 2 is 2.21 bits per heavy atom. The van der Waals surface area contributed by atoms with Crippen molar-refractivity contribution in [1.29, 1.82) is 0 Å². The van der Waals surface area contributed by atoms with Gasteiger partial charge in [0.2, 0.25) is 0 Å². The van der Waals surface area contributed by atoms with Gasteiger partial charge in [-0.05, 0) is 50.9 Å². The topological polar surface area (TPSA) is 52.5 Å². The first-order valence-corrected chi connectivity index (χ1v) is 8.96. The number of halogens is 1. The van der Waals surface area contributed by atoms with Gasteiger partial charge in [0.25, 0.3) is 0 Å². The maximum absolute atomic E-state index is 4.77. The molecule has 0 amide bonds. The van der Waals surface area contributed by atoms with Crippen molar-refractivity contribution < 1.29 is 0 Å². The number of likely N-dealkylation sites (tertiary alicyclic amines) is 1. The van der Waals surface area contributed by atoms with Gasteiger partial charge in [0.1, 0.15) is 0 Å². The molecule has 5 nitrogen and oxygen atoms in total. The number of hydrogen-bond acceptors (Lipinski definition) is 3. The van der Waals surface area contributed by atoms with Crippen molar-refractivity contribution in [3.63, 3.8) is 0 Å². The number of aliphatic imine (C=N–C) groups is 1. The zero-order chi connectivity index (χ0) is 16.3. The second-order valence-corrected chi connectivity index (χ2v) is 6.17. The van der Waals surface area contributed by atoms with Gasteiger partial charge in [0, 0.05) is 44.5 Å². The molecule has 0 aromatic carbocycles. The van der Waals surface area contributed by atoms with E-state index in [0.29, 0.717) is 5.92 Å². The van der Waals surface area contributed by atoms with E-state index in [0.717, 1.165) is 37.7 Å². The van der Waals surface area contributed by atoms with Gasteiger partial charge in [-0.2, -0.15) is 0 Å². The minimum atomic E-state index is 0. The van der Waals surface area contributed by atoms with E-state index in [9.17, 15) is 0 Å². The first kappa shape index (κ1) is 21.2. The van der Waals surface area contributed by atoms with Crippen LogP contribution in [0.4, 0.5) is 0 Å². The van der Waals surface area contributed by atoms with Gasteiger partial charge >= 0.3 is 0 Å². The smallest absolute Gasteiger partial charge is 0.191 e. The number of rotatable bonds is 8. The summed E-state index contributed by atoms with van der Waals surface area (Å²) in [5.74, 6) is 1.63. The van der Waals surface area contributed by atoms with E-state index < -0.39 is 0 Å². The highest BCUT2D eigenvalue weighted by molar-refractivity contribution is 14.0. The van der Waals surface area contributed by atoms with Crippen LogP contribution >= 0.6 is 24.0 Å². The molecule has 2 heterocycles. The predicted molar refractivity (Wildman–Crippen MR) is 112 cm³/mol. The van der Waals surface area contributed by atoms with E-state index in [1.165, 1.54) is 32.5 Å². The summed E-state index contributed by atoms with van der Waals surface area (Å²) in [6.45, 7) is 10.7. The molecule has 0 spiro atoms. The molecule has 1 aromatic rings. The van der Waals surface area contributed by atoms with Crippen molar-refractivity contribution in [1.82, 2.24) is 20.5 Å². The Hall–Kier alpha value is -0.890. The van der Waals surface area contributed by atoms with Crippen LogP contribution in [0.2, 0.25) is 0 Å². The second-order valence-electron chi connectivity index (χ2n) is 6.17. The Bertz CT molecular complexity index is 466. The molecule has 1 atom stereocenters. The Morgan fingerprint density at radius 1 is 1.33 bits per heavy atom. The van der Waals surface area contributed by atoms with Crippen molar-refractivity contribution in [3.8, 4) is 0 Å². The Kier molecular flexibility index (Phi) is 11.0. The highest BCUT2D eigenvalue weighted by Crippen LogP contribution is 2.16. The summed E-state index contributed by atoms with van der Waals surface area (Å²) in [7, 11) is 0. The zero-order valence-electron chi connectivity index (χ0n) is 15.0. The highest BCUT2D eigenvalue weighted by atomic mass is 127. The molecule has 0 aliphatic carbocycles. The quantitative estimate of drug-likeness (QED) is 0.367. The number of hydrogen-bond donors (Lipinski definition) is 2. The SMILES string of the molecule is CCCN1CCC(CN=C(NCC)NCCc2ccccn2)C1.I. The Balaban J connectivity index is 0.00000288. The number of nitrogens with one attached hydrogen (secondary N) is 2. The third-order valence-corrected chi connectivity index (χ3v) is 4.16. The molecule has 1 fully saturated rings. The fraction of sp³-hybridized carbons (Fsp3) is 0.667. The van der Waals surface area contributed by atoms with Gasteiger partial charge in [-0.15, -0.1) is 24.0 Å². The molecule has 2 N–H and O–H groups in total. The van der Waals surface area contributed by atoms with Crippen LogP contribution in [0.3, 0.4) is 0 Å². The standard InChI is InChI=1S/C18H31N5.HI/c1-3-12-23-13-9-16(15-23)14-22-18(19-4-2)21-11-8-17-7-5-6-10-20-17;/h5-7,10,16H,3-4,8-9,11-15H2,1-2H3,(H2,19,21,22);1H. The van der Waals surface area contributed by atoms with Crippen LogP contribution in [-0.2, 0) is 6.42 Å². The van der Waals surface area contributed by atoms with Gasteiger partial charge in [0.15, 0.2) is 5.96 Å². The molecule has 136 valence electrons. The molecular weight excluding hydrogens is 413 g/mol. The molecule has 6 heteroatoms. The molecule has 0 bridgehead atoms. The predicted octanol–water partition coefficient (Wildman–Crippen LogP) is 2.53. The van der Waals surface area contributed by atoms with Crippen molar-refractivity contribution in [2.24, 2.45) is 10.9 Å². The van der Waals surface area contributed by atoms with Crippen molar-refractivity contribution in [2.75, 3.05) is 39.3 Å². The number of nitrogens with zero attached hydrogens (tertiary/aromatic N) is 3. The Labute approximate surface area is 163 Å². The molecule has 0 radical (unpaired) electrons. The lowest BCUT2D eigenvalue weighted by atomic mass is 10.1. The van der Waals surface area contributed by atoms with Gasteiger partial charge in [0.05, 0.1) is 0 Å². The van der Waals surface area contributed by atoms with Gasteiger partial charge < -0.3 is 15.5 Å². The Morgan fingerprint density at radius 3 is 2.92 bits per heavy atom. The lowest BCUT2D eigenvalue weighted by molar-refractivity contribution is 0.326. The lowest BCUT2D eigenvalue weighted by Crippen LogP contribution is -2.38. The normalized spacial score (nSPS) is 18.2. The van der Waals surface area contributed by atoms with Crippen LogP contribution < -0.4 is 10.6 Å². The fourth-order valence-corrected chi connectivity index (χ4v) is 3.00. The summed E-state index contributed by atoms with van der Waals surface area (Å²) < 4.78 is 0. The highest BCUT2D eigenvalue weighted by Gasteiger charge is 2.21. The summed E-state index contributed by atoms with van der Waals surface area (Å²) in [5.41, 5.74) is 1.11. The maximum atomic E-state index is 4.77. The average molecular weight is 445 g/mol. The average Bonchev–Trinajstić information content (AvgIpc) is 3.02. The minimum absolute atomic E-state index is 0. The van der Waals surface area contributed by atoms with Crippen molar-refractivity contribution >= 4 is 29.9 Å². The number of pyridine rings is 1. The summed E-state index contributed by atoms with van der Waals surface area (Å²) in [6.07, 6.45) is 5.28. The van der Waals surface area contributed by atoms with E-state index in [2.05, 4.69) is 40.4 Å². The maximum Gasteiger partial charge on any atom is 0.191 e. The number of guanidine groups is 1. The molecule has 1 aliphatic rings. The molecule has 2 rings (SSSR count).